The van der Waals surface area contributed by atoms with Crippen molar-refractivity contribution in [2.24, 2.45) is 0 Å². The van der Waals surface area contributed by atoms with Crippen LogP contribution in [-0.4, -0.2) is 12.8 Å². The maximum absolute atomic E-state index is 12.8. The minimum atomic E-state index is -0.967. The van der Waals surface area contributed by atoms with Crippen LogP contribution >= 0.6 is 0 Å². The van der Waals surface area contributed by atoms with Gasteiger partial charge in [0.15, 0.2) is 17.7 Å². The molecule has 1 aromatic carbocycles. The zero-order valence-corrected chi connectivity index (χ0v) is 7.00. The zero-order valence-electron chi connectivity index (χ0n) is 7.00. The van der Waals surface area contributed by atoms with Crippen molar-refractivity contribution in [2.75, 3.05) is 6.61 Å². The number of carbonyl (C=O) groups is 1. The lowest BCUT2D eigenvalue weighted by molar-refractivity contribution is 0.118. The van der Waals surface area contributed by atoms with Crippen LogP contribution < -0.4 is 0 Å². The van der Waals surface area contributed by atoms with Crippen molar-refractivity contribution in [2.45, 2.75) is 6.10 Å². The molecule has 1 aromatic rings. The van der Waals surface area contributed by atoms with Crippen LogP contribution in [0.2, 0.25) is 0 Å². The van der Waals surface area contributed by atoms with Gasteiger partial charge in [0.1, 0.15) is 6.61 Å². The fourth-order valence-corrected chi connectivity index (χ4v) is 1.20. The first kappa shape index (κ1) is 8.93. The number of halogens is 2. The summed E-state index contributed by atoms with van der Waals surface area (Å²) in [4.78, 5) is 10.6. The molecular formula is C9H6F2O3. The molecule has 0 amide bonds. The van der Waals surface area contributed by atoms with Crippen LogP contribution in [0.5, 0.6) is 0 Å². The van der Waals surface area contributed by atoms with E-state index < -0.39 is 23.9 Å². The maximum atomic E-state index is 12.8. The van der Waals surface area contributed by atoms with Gasteiger partial charge in [-0.15, -0.1) is 0 Å². The number of cyclic esters (lactones) is 2. The van der Waals surface area contributed by atoms with Gasteiger partial charge < -0.3 is 9.47 Å². The van der Waals surface area contributed by atoms with Crippen molar-refractivity contribution in [3.8, 4) is 0 Å². The van der Waals surface area contributed by atoms with Gasteiger partial charge in [0.25, 0.3) is 0 Å². The van der Waals surface area contributed by atoms with Crippen LogP contribution in [0.15, 0.2) is 18.2 Å². The van der Waals surface area contributed by atoms with E-state index in [4.69, 9.17) is 4.74 Å². The summed E-state index contributed by atoms with van der Waals surface area (Å²) in [5.74, 6) is -1.90. The molecule has 0 aromatic heterocycles. The molecule has 0 radical (unpaired) electrons. The summed E-state index contributed by atoms with van der Waals surface area (Å²) in [7, 11) is 0. The molecule has 1 saturated heterocycles. The number of hydrogen-bond acceptors (Lipinski definition) is 3. The molecule has 5 heteroatoms. The van der Waals surface area contributed by atoms with Gasteiger partial charge in [0.2, 0.25) is 0 Å². The van der Waals surface area contributed by atoms with Crippen LogP contribution in [0.25, 0.3) is 0 Å². The lowest BCUT2D eigenvalue weighted by atomic mass is 10.1. The summed E-state index contributed by atoms with van der Waals surface area (Å²) in [5, 5.41) is 0. The van der Waals surface area contributed by atoms with Gasteiger partial charge in [-0.1, -0.05) is 6.07 Å². The second kappa shape index (κ2) is 3.25. The summed E-state index contributed by atoms with van der Waals surface area (Å²) >= 11 is 0. The molecule has 1 heterocycles. The molecule has 14 heavy (non-hydrogen) atoms. The summed E-state index contributed by atoms with van der Waals surface area (Å²) in [5.41, 5.74) is 0.384. The number of benzene rings is 1. The molecule has 74 valence electrons. The zero-order chi connectivity index (χ0) is 10.1. The lowest BCUT2D eigenvalue weighted by Crippen LogP contribution is -2.01. The highest BCUT2D eigenvalue weighted by molar-refractivity contribution is 5.62. The van der Waals surface area contributed by atoms with E-state index in [9.17, 15) is 13.6 Å². The minimum absolute atomic E-state index is 0.0317. The highest BCUT2D eigenvalue weighted by Crippen LogP contribution is 2.24. The fourth-order valence-electron chi connectivity index (χ4n) is 1.20. The van der Waals surface area contributed by atoms with Crippen LogP contribution in [0.1, 0.15) is 11.7 Å². The van der Waals surface area contributed by atoms with Gasteiger partial charge in [-0.2, -0.15) is 0 Å². The van der Waals surface area contributed by atoms with Crippen LogP contribution in [0.3, 0.4) is 0 Å². The second-order valence-electron chi connectivity index (χ2n) is 2.84. The third-order valence-corrected chi connectivity index (χ3v) is 1.91. The first-order valence-electron chi connectivity index (χ1n) is 3.95. The largest absolute Gasteiger partial charge is 0.509 e. The normalized spacial score (nSPS) is 20.4. The molecule has 1 fully saturated rings. The van der Waals surface area contributed by atoms with Crippen molar-refractivity contribution >= 4 is 6.16 Å². The molecular weight excluding hydrogens is 194 g/mol. The smallest absolute Gasteiger partial charge is 0.430 e. The molecule has 0 spiro atoms. The Bertz CT molecular complexity index is 378. The van der Waals surface area contributed by atoms with E-state index in [-0.39, 0.29) is 6.61 Å². The Morgan fingerprint density at radius 2 is 2.07 bits per heavy atom. The topological polar surface area (TPSA) is 35.5 Å². The number of carbonyl (C=O) groups excluding carboxylic acids is 1. The molecule has 0 saturated carbocycles. The first-order valence-corrected chi connectivity index (χ1v) is 3.95. The highest BCUT2D eigenvalue weighted by Gasteiger charge is 2.27. The Hall–Kier alpha value is -1.65. The predicted octanol–water partition coefficient (Wildman–Crippen LogP) is 2.17. The fraction of sp³-hybridized carbons (Fsp3) is 0.222. The van der Waals surface area contributed by atoms with E-state index in [0.29, 0.717) is 5.56 Å². The Morgan fingerprint density at radius 1 is 1.29 bits per heavy atom. The molecule has 0 aliphatic carbocycles. The van der Waals surface area contributed by atoms with E-state index in [2.05, 4.69) is 4.74 Å². The highest BCUT2D eigenvalue weighted by atomic mass is 19.2. The molecule has 0 N–H and O–H groups in total. The van der Waals surface area contributed by atoms with Crippen molar-refractivity contribution in [1.29, 1.82) is 0 Å². The standard InChI is InChI=1S/C9H6F2O3/c10-6-2-1-5(3-7(6)11)8-4-13-9(12)14-8/h1-3,8H,4H2. The molecule has 1 atom stereocenters. The van der Waals surface area contributed by atoms with Crippen LogP contribution in [0.4, 0.5) is 13.6 Å². The molecule has 0 bridgehead atoms. The molecule has 1 unspecified atom stereocenters. The van der Waals surface area contributed by atoms with Crippen molar-refractivity contribution in [3.05, 3.63) is 35.4 Å². The van der Waals surface area contributed by atoms with Gasteiger partial charge in [-0.05, 0) is 17.7 Å². The van der Waals surface area contributed by atoms with E-state index >= 15 is 0 Å². The Kier molecular flexibility index (Phi) is 2.07. The lowest BCUT2D eigenvalue weighted by Gasteiger charge is -2.06. The second-order valence-corrected chi connectivity index (χ2v) is 2.84. The third kappa shape index (κ3) is 1.53. The van der Waals surface area contributed by atoms with Gasteiger partial charge in [-0.25, -0.2) is 13.6 Å². The summed E-state index contributed by atoms with van der Waals surface area (Å²) in [6.45, 7) is 0.0317. The van der Waals surface area contributed by atoms with Crippen molar-refractivity contribution in [3.63, 3.8) is 0 Å². The summed E-state index contributed by atoms with van der Waals surface area (Å²) < 4.78 is 34.5. The van der Waals surface area contributed by atoms with Crippen LogP contribution in [-0.2, 0) is 9.47 Å². The van der Waals surface area contributed by atoms with E-state index in [1.54, 1.807) is 0 Å². The molecule has 2 rings (SSSR count). The van der Waals surface area contributed by atoms with Gasteiger partial charge >= 0.3 is 6.16 Å². The van der Waals surface area contributed by atoms with E-state index in [1.807, 2.05) is 0 Å². The van der Waals surface area contributed by atoms with Crippen molar-refractivity contribution in [1.82, 2.24) is 0 Å². The summed E-state index contributed by atoms with van der Waals surface area (Å²) in [6, 6.07) is 3.32. The van der Waals surface area contributed by atoms with Crippen LogP contribution in [0, 0.1) is 11.6 Å². The Morgan fingerprint density at radius 3 is 2.64 bits per heavy atom. The van der Waals surface area contributed by atoms with E-state index in [1.165, 1.54) is 6.07 Å². The average Bonchev–Trinajstić information content (AvgIpc) is 2.57. The summed E-state index contributed by atoms with van der Waals surface area (Å²) in [6.07, 6.45) is -1.43. The Labute approximate surface area is 78.2 Å². The predicted molar refractivity (Wildman–Crippen MR) is 41.5 cm³/mol. The molecule has 1 aliphatic heterocycles. The third-order valence-electron chi connectivity index (χ3n) is 1.91. The molecule has 1 aliphatic rings. The number of ether oxygens (including phenoxy) is 2. The minimum Gasteiger partial charge on any atom is -0.430 e. The average molecular weight is 200 g/mol. The SMILES string of the molecule is O=C1OCC(c2ccc(F)c(F)c2)O1. The van der Waals surface area contributed by atoms with Gasteiger partial charge in [0.05, 0.1) is 0 Å². The van der Waals surface area contributed by atoms with E-state index in [0.717, 1.165) is 12.1 Å². The van der Waals surface area contributed by atoms with Gasteiger partial charge in [0, 0.05) is 0 Å². The Balaban J connectivity index is 2.24. The number of rotatable bonds is 1. The quantitative estimate of drug-likeness (QED) is 0.651. The maximum Gasteiger partial charge on any atom is 0.509 e. The van der Waals surface area contributed by atoms with Crippen molar-refractivity contribution < 1.29 is 23.0 Å². The number of hydrogen-bond donors (Lipinski definition) is 0. The first-order chi connectivity index (χ1) is 6.66. The monoisotopic (exact) mass is 200 g/mol. The van der Waals surface area contributed by atoms with Gasteiger partial charge in [-0.3, -0.25) is 0 Å². The molecule has 3 nitrogen and oxygen atoms in total.